The summed E-state index contributed by atoms with van der Waals surface area (Å²) in [6.45, 7) is 0. The van der Waals surface area contributed by atoms with Crippen molar-refractivity contribution in [3.8, 4) is 78.1 Å². The summed E-state index contributed by atoms with van der Waals surface area (Å²) in [5, 5.41) is 14.0. The van der Waals surface area contributed by atoms with Crippen LogP contribution in [0, 0.1) is 0 Å². The number of hydrogen-bond acceptors (Lipinski definition) is 2. The maximum atomic E-state index is 3.66. The van der Waals surface area contributed by atoms with Crippen LogP contribution in [0.2, 0.25) is 0 Å². The van der Waals surface area contributed by atoms with Crippen molar-refractivity contribution in [2.75, 3.05) is 10.2 Å². The van der Waals surface area contributed by atoms with Crippen LogP contribution in [-0.2, 0) is 0 Å². The molecule has 16 aromatic carbocycles. The lowest BCUT2D eigenvalue weighted by atomic mass is 9.93. The van der Waals surface area contributed by atoms with Gasteiger partial charge in [0.05, 0.1) is 22.1 Å². The lowest BCUT2D eigenvalue weighted by molar-refractivity contribution is 1.17. The minimum atomic E-state index is 1.09. The van der Waals surface area contributed by atoms with Crippen LogP contribution >= 0.6 is 15.9 Å². The molecule has 2 aromatic heterocycles. The Morgan fingerprint density at radius 1 is 0.227 bits per heavy atom. The second-order valence-corrected chi connectivity index (χ2v) is 25.8. The molecular weight excluding hydrogens is 1240 g/mol. The molecule has 2 aliphatic rings. The highest BCUT2D eigenvalue weighted by Crippen LogP contribution is 2.52. The molecule has 456 valence electrons. The summed E-state index contributed by atoms with van der Waals surface area (Å²) in [5.74, 6) is 0. The van der Waals surface area contributed by atoms with Crippen LogP contribution < -0.4 is 10.2 Å². The van der Waals surface area contributed by atoms with Crippen LogP contribution in [0.4, 0.5) is 28.4 Å². The Bertz CT molecular complexity index is 6050. The van der Waals surface area contributed by atoms with Gasteiger partial charge in [-0.25, -0.2) is 0 Å². The third-order valence-corrected chi connectivity index (χ3v) is 19.8. The first kappa shape index (κ1) is 57.4. The number of para-hydroxylation sites is 2. The molecule has 4 nitrogen and oxygen atoms in total. The van der Waals surface area contributed by atoms with Crippen molar-refractivity contribution in [1.29, 1.82) is 0 Å². The third-order valence-electron chi connectivity index (χ3n) is 19.3. The molecule has 0 amide bonds. The number of rotatable bonds is 9. The van der Waals surface area contributed by atoms with Gasteiger partial charge in [-0.05, 0) is 198 Å². The minimum absolute atomic E-state index is 1.09. The van der Waals surface area contributed by atoms with E-state index in [1.54, 1.807) is 0 Å². The molecule has 97 heavy (non-hydrogen) atoms. The monoisotopic (exact) mass is 1300 g/mol. The molecule has 5 heteroatoms. The summed E-state index contributed by atoms with van der Waals surface area (Å²) >= 11 is 3.66. The van der Waals surface area contributed by atoms with E-state index in [2.05, 4.69) is 375 Å². The normalized spacial score (nSPS) is 11.6. The smallest absolute Gasteiger partial charge is 0.0548 e. The zero-order valence-corrected chi connectivity index (χ0v) is 54.4. The number of aromatic nitrogens is 2. The third kappa shape index (κ3) is 10.1. The van der Waals surface area contributed by atoms with Crippen molar-refractivity contribution < 1.29 is 0 Å². The van der Waals surface area contributed by atoms with E-state index < -0.39 is 0 Å². The summed E-state index contributed by atoms with van der Waals surface area (Å²) in [6.07, 6.45) is 0. The molecule has 1 N–H and O–H groups in total. The van der Waals surface area contributed by atoms with Crippen LogP contribution in [0.25, 0.3) is 143 Å². The van der Waals surface area contributed by atoms with Crippen LogP contribution in [0.1, 0.15) is 0 Å². The quantitative estimate of drug-likeness (QED) is 0.156. The second kappa shape index (κ2) is 24.2. The van der Waals surface area contributed by atoms with Gasteiger partial charge in [-0.3, -0.25) is 0 Å². The van der Waals surface area contributed by atoms with Gasteiger partial charge in [0, 0.05) is 65.8 Å². The zero-order chi connectivity index (χ0) is 64.3. The summed E-state index contributed by atoms with van der Waals surface area (Å²) in [6, 6.07) is 131. The molecular formula is C92H61BrN4. The number of nitrogens with zero attached hydrogens (tertiary/aromatic N) is 3. The van der Waals surface area contributed by atoms with Gasteiger partial charge in [-0.1, -0.05) is 271 Å². The van der Waals surface area contributed by atoms with Gasteiger partial charge in [0.25, 0.3) is 0 Å². The van der Waals surface area contributed by atoms with E-state index in [0.717, 1.165) is 38.6 Å². The fraction of sp³-hybridized carbons (Fsp3) is 0. The molecule has 0 radical (unpaired) electrons. The van der Waals surface area contributed by atoms with Gasteiger partial charge in [0.15, 0.2) is 0 Å². The first-order valence-electron chi connectivity index (χ1n) is 33.1. The summed E-state index contributed by atoms with van der Waals surface area (Å²) in [4.78, 5) is 2.36. The van der Waals surface area contributed by atoms with Crippen molar-refractivity contribution in [3.05, 3.63) is 368 Å². The number of fused-ring (bicyclic) bond motifs is 6. The van der Waals surface area contributed by atoms with Crippen molar-refractivity contribution in [1.82, 2.24) is 9.13 Å². The number of halogens is 1. The molecule has 0 spiro atoms. The number of hydrogen-bond donors (Lipinski definition) is 1. The van der Waals surface area contributed by atoms with E-state index in [9.17, 15) is 0 Å². The molecule has 20 rings (SSSR count). The van der Waals surface area contributed by atoms with Crippen LogP contribution in [0.15, 0.2) is 368 Å². The molecule has 0 atom stereocenters. The van der Waals surface area contributed by atoms with Crippen molar-refractivity contribution in [2.24, 2.45) is 0 Å². The topological polar surface area (TPSA) is 25.1 Å². The molecule has 0 aliphatic heterocycles. The van der Waals surface area contributed by atoms with E-state index in [-0.39, 0.29) is 0 Å². The molecule has 0 unspecified atom stereocenters. The molecule has 2 aliphatic carbocycles. The Hall–Kier alpha value is -12.3. The number of benzene rings is 16. The van der Waals surface area contributed by atoms with Crippen LogP contribution in [0.3, 0.4) is 0 Å². The molecule has 0 fully saturated rings. The number of nitrogens with one attached hydrogen (secondary N) is 1. The van der Waals surface area contributed by atoms with Crippen molar-refractivity contribution in [2.45, 2.75) is 0 Å². The van der Waals surface area contributed by atoms with Gasteiger partial charge in [0.1, 0.15) is 0 Å². The SMILES string of the molecule is Brc1cccc(-n2c3cccc4c3c3c5c(cccc5ccc32)-c2ccccc2-4)c1.c1ccc(-c2cccc(N(c3ccccc3)c3cccc(-n4c5cccc6c5c5c7c(cccc7ccc54)-c4ccccc4-6)c3)c2)cc1.c1ccc(Nc2cccc(-c3ccccc3)c2)cc1. The summed E-state index contributed by atoms with van der Waals surface area (Å²) < 4.78 is 5.96. The Morgan fingerprint density at radius 3 is 1.11 bits per heavy atom. The molecule has 18 aromatic rings. The molecule has 0 saturated carbocycles. The Morgan fingerprint density at radius 2 is 0.588 bits per heavy atom. The fourth-order valence-corrected chi connectivity index (χ4v) is 15.6. The predicted molar refractivity (Wildman–Crippen MR) is 415 cm³/mol. The lowest BCUT2D eigenvalue weighted by Gasteiger charge is -2.26. The van der Waals surface area contributed by atoms with Gasteiger partial charge in [-0.15, -0.1) is 0 Å². The molecule has 0 bridgehead atoms. The van der Waals surface area contributed by atoms with Gasteiger partial charge in [0.2, 0.25) is 0 Å². The van der Waals surface area contributed by atoms with E-state index in [1.165, 1.54) is 138 Å². The first-order chi connectivity index (χ1) is 48.1. The fourth-order valence-electron chi connectivity index (χ4n) is 15.2. The number of anilines is 5. The Kier molecular flexibility index (Phi) is 14.3. The van der Waals surface area contributed by atoms with Crippen LogP contribution in [0.5, 0.6) is 0 Å². The van der Waals surface area contributed by atoms with E-state index >= 15 is 0 Å². The average Bonchev–Trinajstić information content (AvgIpc) is 1.55. The highest BCUT2D eigenvalue weighted by Gasteiger charge is 2.27. The second-order valence-electron chi connectivity index (χ2n) is 24.9. The maximum Gasteiger partial charge on any atom is 0.0548 e. The van der Waals surface area contributed by atoms with E-state index in [4.69, 9.17) is 0 Å². The zero-order valence-electron chi connectivity index (χ0n) is 52.9. The predicted octanol–water partition coefficient (Wildman–Crippen LogP) is 26.2. The molecule has 2 heterocycles. The van der Waals surface area contributed by atoms with Crippen molar-refractivity contribution >= 4 is 110 Å². The minimum Gasteiger partial charge on any atom is -0.356 e. The average molecular weight is 1300 g/mol. The van der Waals surface area contributed by atoms with E-state index in [0.29, 0.717) is 0 Å². The maximum absolute atomic E-state index is 3.66. The van der Waals surface area contributed by atoms with Gasteiger partial charge >= 0.3 is 0 Å². The van der Waals surface area contributed by atoms with Crippen LogP contribution in [-0.4, -0.2) is 9.13 Å². The summed E-state index contributed by atoms with van der Waals surface area (Å²) in [7, 11) is 0. The Balaban J connectivity index is 0.000000118. The molecule has 0 saturated heterocycles. The highest BCUT2D eigenvalue weighted by atomic mass is 79.9. The highest BCUT2D eigenvalue weighted by molar-refractivity contribution is 9.10. The Labute approximate surface area is 571 Å². The largest absolute Gasteiger partial charge is 0.356 e. The first-order valence-corrected chi connectivity index (χ1v) is 33.9. The van der Waals surface area contributed by atoms with Gasteiger partial charge in [-0.2, -0.15) is 0 Å². The standard InChI is InChI=1S/C46H30N2.C28H16BrN.C18H15N/c1-3-13-31(14-4-1)33-16-9-19-35(29-33)47(34-17-5-2-6-18-34)36-20-11-21-37(30-36)48-42-26-12-25-41-39-23-8-7-22-38(39)40-24-10-15-32-27-28-43(48)46(44(32)40)45(41)42;29-18-7-4-8-19(16-18)30-24-13-5-12-23-21-10-2-1-9-20(21)22-11-3-6-17-14-15-25(30)28(26(17)22)27(23)24;1-3-8-15(9-4-1)16-10-7-13-18(14-16)19-17-11-5-2-6-12-17/h1-30H;1-16H;1-14,19H. The van der Waals surface area contributed by atoms with Crippen molar-refractivity contribution in [3.63, 3.8) is 0 Å². The van der Waals surface area contributed by atoms with Gasteiger partial charge < -0.3 is 19.4 Å². The summed E-state index contributed by atoms with van der Waals surface area (Å²) in [5.41, 5.74) is 28.1. The van der Waals surface area contributed by atoms with E-state index in [1.807, 2.05) is 24.3 Å². The lowest BCUT2D eigenvalue weighted by Crippen LogP contribution is -2.10.